The summed E-state index contributed by atoms with van der Waals surface area (Å²) < 4.78 is 18.2. The lowest BCUT2D eigenvalue weighted by Crippen LogP contribution is -2.42. The van der Waals surface area contributed by atoms with E-state index in [2.05, 4.69) is 59.3 Å². The number of nitrogens with one attached hydrogen (secondary N) is 1. The van der Waals surface area contributed by atoms with E-state index in [9.17, 15) is 4.79 Å². The van der Waals surface area contributed by atoms with Crippen molar-refractivity contribution in [3.63, 3.8) is 0 Å². The van der Waals surface area contributed by atoms with Gasteiger partial charge in [0.25, 0.3) is 11.1 Å². The van der Waals surface area contributed by atoms with Gasteiger partial charge in [-0.1, -0.05) is 55.7 Å². The van der Waals surface area contributed by atoms with Crippen LogP contribution in [0.25, 0.3) is 11.1 Å². The number of benzene rings is 1. The summed E-state index contributed by atoms with van der Waals surface area (Å²) in [5.74, 6) is 0.277. The molecule has 0 unspecified atom stereocenters. The van der Waals surface area contributed by atoms with Crippen molar-refractivity contribution in [3.05, 3.63) is 76.8 Å². The van der Waals surface area contributed by atoms with Crippen LogP contribution < -0.4 is 14.8 Å². The van der Waals surface area contributed by atoms with Crippen LogP contribution in [-0.2, 0) is 4.43 Å². The van der Waals surface area contributed by atoms with E-state index in [4.69, 9.17) is 25.5 Å². The molecule has 0 aliphatic rings. The number of para-hydroxylation sites is 1. The molecule has 1 aromatic carbocycles. The Morgan fingerprint density at radius 3 is 2.51 bits per heavy atom. The number of anilines is 1. The third-order valence-electron chi connectivity index (χ3n) is 7.03. The molecule has 0 aliphatic heterocycles. The maximum Gasteiger partial charge on any atom is 0.296 e. The molecule has 0 saturated heterocycles. The van der Waals surface area contributed by atoms with Gasteiger partial charge < -0.3 is 13.9 Å². The maximum absolute atomic E-state index is 13.4. The van der Waals surface area contributed by atoms with Crippen molar-refractivity contribution in [1.29, 1.82) is 0 Å². The molecule has 0 radical (unpaired) electrons. The van der Waals surface area contributed by atoms with Gasteiger partial charge in [-0.05, 0) is 60.7 Å². The Bertz CT molecular complexity index is 1510. The largest absolute Gasteiger partial charge is 0.496 e. The van der Waals surface area contributed by atoms with E-state index in [0.29, 0.717) is 27.6 Å². The number of pyridine rings is 2. The predicted molar refractivity (Wildman–Crippen MR) is 165 cm³/mol. The highest BCUT2D eigenvalue weighted by Gasteiger charge is 2.38. The Labute approximate surface area is 250 Å². The van der Waals surface area contributed by atoms with Crippen LogP contribution in [0.2, 0.25) is 23.2 Å². The first-order chi connectivity index (χ1) is 19.4. The number of aromatic nitrogens is 4. The van der Waals surface area contributed by atoms with Crippen LogP contribution >= 0.6 is 22.9 Å². The topological polar surface area (TPSA) is 108 Å². The van der Waals surface area contributed by atoms with Gasteiger partial charge in [-0.25, -0.2) is 0 Å². The zero-order valence-corrected chi connectivity index (χ0v) is 26.8. The van der Waals surface area contributed by atoms with Gasteiger partial charge in [0, 0.05) is 29.2 Å². The van der Waals surface area contributed by atoms with Gasteiger partial charge in [0.15, 0.2) is 14.4 Å². The van der Waals surface area contributed by atoms with Crippen molar-refractivity contribution in [2.24, 2.45) is 0 Å². The molecule has 1 atom stereocenters. The summed E-state index contributed by atoms with van der Waals surface area (Å²) in [7, 11) is -0.469. The predicted octanol–water partition coefficient (Wildman–Crippen LogP) is 7.36. The number of methoxy groups -OCH3 is 1. The Morgan fingerprint density at radius 2 is 1.83 bits per heavy atom. The highest BCUT2D eigenvalue weighted by molar-refractivity contribution is 7.17. The molecule has 9 nitrogen and oxygen atoms in total. The van der Waals surface area contributed by atoms with Gasteiger partial charge in [-0.3, -0.25) is 20.1 Å². The van der Waals surface area contributed by atoms with E-state index in [-0.39, 0.29) is 27.9 Å². The number of nitrogens with zero attached hydrogens (tertiary/aromatic N) is 4. The number of carbonyl (C=O) groups is 1. The van der Waals surface area contributed by atoms with Gasteiger partial charge in [0.1, 0.15) is 5.75 Å². The maximum atomic E-state index is 13.4. The van der Waals surface area contributed by atoms with Crippen molar-refractivity contribution < 1.29 is 18.7 Å². The zero-order valence-electron chi connectivity index (χ0n) is 24.2. The van der Waals surface area contributed by atoms with E-state index >= 15 is 0 Å². The molecule has 4 rings (SSSR count). The Kier molecular flexibility index (Phi) is 9.43. The molecule has 0 fully saturated rings. The van der Waals surface area contributed by atoms with E-state index < -0.39 is 14.4 Å². The van der Waals surface area contributed by atoms with Crippen LogP contribution in [0.15, 0.2) is 54.9 Å². The van der Waals surface area contributed by atoms with Gasteiger partial charge in [-0.15, -0.1) is 5.10 Å². The highest BCUT2D eigenvalue weighted by Crippen LogP contribution is 2.38. The van der Waals surface area contributed by atoms with Crippen LogP contribution in [0.5, 0.6) is 10.9 Å². The Balaban J connectivity index is 1.54. The molecule has 3 aromatic heterocycles. The van der Waals surface area contributed by atoms with Crippen molar-refractivity contribution in [2.45, 2.75) is 51.9 Å². The third kappa shape index (κ3) is 7.47. The number of halogens is 1. The summed E-state index contributed by atoms with van der Waals surface area (Å²) in [6, 6.07) is 12.9. The lowest BCUT2D eigenvalue weighted by molar-refractivity contribution is 0.102. The fraction of sp³-hybridized carbons (Fsp3) is 0.345. The second-order valence-electron chi connectivity index (χ2n) is 11.0. The van der Waals surface area contributed by atoms with E-state index in [0.717, 1.165) is 22.6 Å². The second kappa shape index (κ2) is 12.6. The van der Waals surface area contributed by atoms with Crippen LogP contribution in [0, 0.1) is 6.92 Å². The summed E-state index contributed by atoms with van der Waals surface area (Å²) in [5.41, 5.74) is 3.29. The molecular formula is C29H34ClN5O4SSi. The molecule has 41 heavy (non-hydrogen) atoms. The van der Waals surface area contributed by atoms with E-state index in [1.807, 2.05) is 37.3 Å². The minimum Gasteiger partial charge on any atom is -0.496 e. The quantitative estimate of drug-likeness (QED) is 0.185. The lowest BCUT2D eigenvalue weighted by Gasteiger charge is -2.37. The summed E-state index contributed by atoms with van der Waals surface area (Å²) >= 11 is 7.18. The van der Waals surface area contributed by atoms with Gasteiger partial charge in [0.2, 0.25) is 5.13 Å². The average Bonchev–Trinajstić information content (AvgIpc) is 3.37. The van der Waals surface area contributed by atoms with E-state index in [1.165, 1.54) is 0 Å². The molecule has 0 spiro atoms. The summed E-state index contributed by atoms with van der Waals surface area (Å²) in [5, 5.41) is 12.2. The molecule has 12 heteroatoms. The molecule has 0 bridgehead atoms. The first kappa shape index (κ1) is 30.6. The zero-order chi connectivity index (χ0) is 29.8. The van der Waals surface area contributed by atoms with Crippen LogP contribution in [0.1, 0.15) is 48.6 Å². The summed E-state index contributed by atoms with van der Waals surface area (Å²) in [6.45, 7) is 13.0. The lowest BCUT2D eigenvalue weighted by atomic mass is 9.99. The monoisotopic (exact) mass is 611 g/mol. The molecular weight excluding hydrogens is 578 g/mol. The standard InChI is InChI=1S/C29H34ClN5O4SSi/c1-18-14-21(20-10-8-9-11-24(20)37-5)22(16-31-18)26(36)33-27-34-35-28(40-27)39-25(23-13-12-19(30)15-32-23)17-38-41(6,7)29(2,3)4/h8-16,25H,17H2,1-7H3,(H,33,34,36)/t25-/m0/s1. The SMILES string of the molecule is COc1ccccc1-c1cc(C)ncc1C(=O)Nc1nnc(O[C@@H](CO[Si](C)(C)C(C)(C)C)c2ccc(Cl)cn2)s1. The van der Waals surface area contributed by atoms with Crippen molar-refractivity contribution in [1.82, 2.24) is 20.2 Å². The summed E-state index contributed by atoms with van der Waals surface area (Å²) in [4.78, 5) is 22.2. The molecule has 0 saturated carbocycles. The second-order valence-corrected chi connectivity index (χ2v) is 17.2. The number of carbonyl (C=O) groups excluding carboxylic acids is 1. The van der Waals surface area contributed by atoms with Gasteiger partial charge in [0.05, 0.1) is 30.0 Å². The third-order valence-corrected chi connectivity index (χ3v) is 12.5. The normalized spacial score (nSPS) is 12.6. The smallest absolute Gasteiger partial charge is 0.296 e. The summed E-state index contributed by atoms with van der Waals surface area (Å²) in [6.07, 6.45) is 2.57. The minimum absolute atomic E-state index is 0.0264. The molecule has 4 aromatic rings. The van der Waals surface area contributed by atoms with Crippen LogP contribution in [-0.4, -0.2) is 48.1 Å². The fourth-order valence-electron chi connectivity index (χ4n) is 3.68. The number of amides is 1. The first-order valence-corrected chi connectivity index (χ1v) is 17.1. The molecule has 1 N–H and O–H groups in total. The molecule has 1 amide bonds. The number of hydrogen-bond acceptors (Lipinski definition) is 9. The number of hydrogen-bond donors (Lipinski definition) is 1. The van der Waals surface area contributed by atoms with Crippen LogP contribution in [0.3, 0.4) is 0 Å². The Morgan fingerprint density at radius 1 is 1.07 bits per heavy atom. The molecule has 216 valence electrons. The Hall–Kier alpha value is -3.38. The van der Waals surface area contributed by atoms with E-state index in [1.54, 1.807) is 31.6 Å². The van der Waals surface area contributed by atoms with Gasteiger partial charge in [-0.2, -0.15) is 0 Å². The number of aryl methyl sites for hydroxylation is 1. The number of rotatable bonds is 10. The van der Waals surface area contributed by atoms with Crippen molar-refractivity contribution >= 4 is 42.3 Å². The van der Waals surface area contributed by atoms with Crippen molar-refractivity contribution in [2.75, 3.05) is 19.0 Å². The highest BCUT2D eigenvalue weighted by atomic mass is 35.5. The fourth-order valence-corrected chi connectivity index (χ4v) is 5.43. The van der Waals surface area contributed by atoms with Gasteiger partial charge >= 0.3 is 0 Å². The average molecular weight is 612 g/mol. The van der Waals surface area contributed by atoms with Crippen LogP contribution in [0.4, 0.5) is 5.13 Å². The number of ether oxygens (including phenoxy) is 2. The molecule has 3 heterocycles. The minimum atomic E-state index is -2.07. The first-order valence-electron chi connectivity index (χ1n) is 13.0. The van der Waals surface area contributed by atoms with Crippen molar-refractivity contribution in [3.8, 4) is 22.1 Å². The molecule has 0 aliphatic carbocycles.